The molecule has 0 bridgehead atoms. The summed E-state index contributed by atoms with van der Waals surface area (Å²) < 4.78 is 20.3. The van der Waals surface area contributed by atoms with Gasteiger partial charge in [-0.2, -0.15) is 5.10 Å². The number of nitrogens with zero attached hydrogens (tertiary/aromatic N) is 3. The predicted molar refractivity (Wildman–Crippen MR) is 94.0 cm³/mol. The van der Waals surface area contributed by atoms with Gasteiger partial charge in [0.1, 0.15) is 5.82 Å². The summed E-state index contributed by atoms with van der Waals surface area (Å²) in [7, 11) is 1.57. The van der Waals surface area contributed by atoms with E-state index in [1.54, 1.807) is 24.1 Å². The van der Waals surface area contributed by atoms with E-state index in [1.807, 2.05) is 6.07 Å². The molecule has 1 saturated heterocycles. The molecule has 6 nitrogen and oxygen atoms in total. The number of hydrogen-bond donors (Lipinski definition) is 0. The monoisotopic (exact) mass is 359 g/mol. The highest BCUT2D eigenvalue weighted by Gasteiger charge is 2.23. The van der Waals surface area contributed by atoms with E-state index in [9.17, 15) is 14.0 Å². The van der Waals surface area contributed by atoms with Crippen LogP contribution >= 0.6 is 0 Å². The van der Waals surface area contributed by atoms with Crippen LogP contribution in [0.15, 0.2) is 41.2 Å². The maximum atomic E-state index is 13.2. The number of benzene rings is 1. The molecule has 0 saturated carbocycles. The minimum absolute atomic E-state index is 0.000251. The molecule has 1 fully saturated rings. The Kier molecular flexibility index (Phi) is 5.78. The van der Waals surface area contributed by atoms with E-state index in [1.165, 1.54) is 22.9 Å². The third-order valence-corrected chi connectivity index (χ3v) is 4.52. The third-order valence-electron chi connectivity index (χ3n) is 4.52. The van der Waals surface area contributed by atoms with Crippen LogP contribution in [-0.2, 0) is 29.6 Å². The maximum Gasteiger partial charge on any atom is 0.266 e. The number of ether oxygens (including phenoxy) is 1. The minimum Gasteiger partial charge on any atom is -0.373 e. The highest BCUT2D eigenvalue weighted by atomic mass is 19.1. The van der Waals surface area contributed by atoms with Crippen molar-refractivity contribution in [2.45, 2.75) is 32.0 Å². The third kappa shape index (κ3) is 4.76. The van der Waals surface area contributed by atoms with E-state index < -0.39 is 0 Å². The Balaban J connectivity index is 1.46. The van der Waals surface area contributed by atoms with Crippen molar-refractivity contribution in [1.82, 2.24) is 14.7 Å². The number of carbonyl (C=O) groups is 1. The van der Waals surface area contributed by atoms with Gasteiger partial charge < -0.3 is 9.64 Å². The maximum absolute atomic E-state index is 13.2. The quantitative estimate of drug-likeness (QED) is 0.815. The van der Waals surface area contributed by atoms with Gasteiger partial charge in [0.2, 0.25) is 5.91 Å². The van der Waals surface area contributed by atoms with Crippen LogP contribution in [0.4, 0.5) is 4.39 Å². The molecule has 0 atom stereocenters. The zero-order valence-electron chi connectivity index (χ0n) is 14.7. The van der Waals surface area contributed by atoms with Crippen LogP contribution < -0.4 is 5.56 Å². The normalized spacial score (nSPS) is 15.2. The van der Waals surface area contributed by atoms with E-state index in [4.69, 9.17) is 4.74 Å². The molecule has 1 aliphatic rings. The Morgan fingerprint density at radius 3 is 2.73 bits per heavy atom. The minimum atomic E-state index is -0.265. The number of hydrogen-bond acceptors (Lipinski definition) is 4. The lowest BCUT2D eigenvalue weighted by Crippen LogP contribution is -2.41. The molecule has 0 radical (unpaired) electrons. The first-order valence-corrected chi connectivity index (χ1v) is 8.68. The first-order chi connectivity index (χ1) is 12.5. The average molecular weight is 359 g/mol. The SMILES string of the molecule is Cn1nc(CC(=O)N2CCC(OCc3cccc(F)c3)CC2)ccc1=O. The molecule has 7 heteroatoms. The Morgan fingerprint density at radius 1 is 1.27 bits per heavy atom. The lowest BCUT2D eigenvalue weighted by atomic mass is 10.1. The van der Waals surface area contributed by atoms with Crippen LogP contribution in [0.5, 0.6) is 0 Å². The number of rotatable bonds is 5. The summed E-state index contributed by atoms with van der Waals surface area (Å²) in [5, 5.41) is 4.09. The van der Waals surface area contributed by atoms with Gasteiger partial charge in [-0.15, -0.1) is 0 Å². The summed E-state index contributed by atoms with van der Waals surface area (Å²) in [6.07, 6.45) is 1.75. The van der Waals surface area contributed by atoms with Crippen molar-refractivity contribution in [2.75, 3.05) is 13.1 Å². The topological polar surface area (TPSA) is 64.4 Å². The molecule has 0 N–H and O–H groups in total. The Morgan fingerprint density at radius 2 is 2.04 bits per heavy atom. The first-order valence-electron chi connectivity index (χ1n) is 8.68. The molecule has 1 aliphatic heterocycles. The van der Waals surface area contributed by atoms with Crippen LogP contribution in [0, 0.1) is 5.82 Å². The molecule has 2 heterocycles. The number of carbonyl (C=O) groups excluding carboxylic acids is 1. The number of amides is 1. The highest BCUT2D eigenvalue weighted by molar-refractivity contribution is 5.78. The van der Waals surface area contributed by atoms with Gasteiger partial charge in [-0.05, 0) is 36.6 Å². The zero-order valence-corrected chi connectivity index (χ0v) is 14.7. The molecular formula is C19H22FN3O3. The molecule has 1 aromatic carbocycles. The fraction of sp³-hybridized carbons (Fsp3) is 0.421. The predicted octanol–water partition coefficient (Wildman–Crippen LogP) is 1.67. The van der Waals surface area contributed by atoms with Gasteiger partial charge in [0.05, 0.1) is 24.8 Å². The number of likely N-dealkylation sites (tertiary alicyclic amines) is 1. The van der Waals surface area contributed by atoms with Crippen LogP contribution in [0.25, 0.3) is 0 Å². The molecule has 26 heavy (non-hydrogen) atoms. The number of aryl methyl sites for hydroxylation is 1. The average Bonchev–Trinajstić information content (AvgIpc) is 2.63. The summed E-state index contributed by atoms with van der Waals surface area (Å²) >= 11 is 0. The number of piperidine rings is 1. The zero-order chi connectivity index (χ0) is 18.5. The van der Waals surface area contributed by atoms with E-state index in [-0.39, 0.29) is 29.8 Å². The summed E-state index contributed by atoms with van der Waals surface area (Å²) in [6.45, 7) is 1.62. The van der Waals surface area contributed by atoms with Gasteiger partial charge in [0.25, 0.3) is 5.56 Å². The van der Waals surface area contributed by atoms with Gasteiger partial charge in [-0.3, -0.25) is 9.59 Å². The molecule has 0 aliphatic carbocycles. The number of halogens is 1. The molecule has 138 valence electrons. The van der Waals surface area contributed by atoms with Crippen molar-refractivity contribution in [2.24, 2.45) is 7.05 Å². The van der Waals surface area contributed by atoms with E-state index in [0.717, 1.165) is 18.4 Å². The van der Waals surface area contributed by atoms with Gasteiger partial charge in [-0.1, -0.05) is 12.1 Å². The largest absolute Gasteiger partial charge is 0.373 e. The lowest BCUT2D eigenvalue weighted by molar-refractivity contribution is -0.133. The molecular weight excluding hydrogens is 337 g/mol. The van der Waals surface area contributed by atoms with Crippen molar-refractivity contribution in [1.29, 1.82) is 0 Å². The standard InChI is InChI=1S/C19H22FN3O3/c1-22-18(24)6-5-16(21-22)12-19(25)23-9-7-17(8-10-23)26-13-14-3-2-4-15(20)11-14/h2-6,11,17H,7-10,12-13H2,1H3. The van der Waals surface area contributed by atoms with Crippen molar-refractivity contribution in [3.05, 3.63) is 63.8 Å². The summed E-state index contributed by atoms with van der Waals surface area (Å²) in [5.41, 5.74) is 1.20. The molecule has 0 unspecified atom stereocenters. The van der Waals surface area contributed by atoms with E-state index in [2.05, 4.69) is 5.10 Å². The van der Waals surface area contributed by atoms with Crippen molar-refractivity contribution in [3.63, 3.8) is 0 Å². The first kappa shape index (κ1) is 18.3. The molecule has 3 rings (SSSR count). The molecule has 1 amide bonds. The van der Waals surface area contributed by atoms with Gasteiger partial charge >= 0.3 is 0 Å². The molecule has 1 aromatic heterocycles. The summed E-state index contributed by atoms with van der Waals surface area (Å²) in [6, 6.07) is 9.40. The second-order valence-corrected chi connectivity index (χ2v) is 6.48. The van der Waals surface area contributed by atoms with Gasteiger partial charge in [-0.25, -0.2) is 9.07 Å². The Hall–Kier alpha value is -2.54. The van der Waals surface area contributed by atoms with Crippen molar-refractivity contribution in [3.8, 4) is 0 Å². The molecule has 0 spiro atoms. The van der Waals surface area contributed by atoms with E-state index >= 15 is 0 Å². The van der Waals surface area contributed by atoms with Crippen molar-refractivity contribution < 1.29 is 13.9 Å². The number of aromatic nitrogens is 2. The van der Waals surface area contributed by atoms with Crippen LogP contribution in [0.3, 0.4) is 0 Å². The second kappa shape index (κ2) is 8.23. The smallest absolute Gasteiger partial charge is 0.266 e. The summed E-state index contributed by atoms with van der Waals surface area (Å²) in [4.78, 5) is 25.6. The summed E-state index contributed by atoms with van der Waals surface area (Å²) in [5.74, 6) is -0.265. The lowest BCUT2D eigenvalue weighted by Gasteiger charge is -2.32. The van der Waals surface area contributed by atoms with Crippen molar-refractivity contribution >= 4 is 5.91 Å². The fourth-order valence-corrected chi connectivity index (χ4v) is 3.02. The Bertz CT molecular complexity index is 829. The molecule has 2 aromatic rings. The van der Waals surface area contributed by atoms with Gasteiger partial charge in [0, 0.05) is 26.2 Å². The Labute approximate surface area is 151 Å². The van der Waals surface area contributed by atoms with Crippen LogP contribution in [0.1, 0.15) is 24.1 Å². The van der Waals surface area contributed by atoms with Gasteiger partial charge in [0.15, 0.2) is 0 Å². The van der Waals surface area contributed by atoms with E-state index in [0.29, 0.717) is 25.4 Å². The van der Waals surface area contributed by atoms with Crippen LogP contribution in [-0.4, -0.2) is 39.8 Å². The highest BCUT2D eigenvalue weighted by Crippen LogP contribution is 2.17. The second-order valence-electron chi connectivity index (χ2n) is 6.48. The van der Waals surface area contributed by atoms with Crippen LogP contribution in [0.2, 0.25) is 0 Å². The fourth-order valence-electron chi connectivity index (χ4n) is 3.02.